The van der Waals surface area contributed by atoms with Crippen LogP contribution in [0.25, 0.3) is 10.8 Å². The van der Waals surface area contributed by atoms with Crippen LogP contribution >= 0.6 is 0 Å². The highest BCUT2D eigenvalue weighted by Crippen LogP contribution is 2.29. The number of hydrogen-bond acceptors (Lipinski definition) is 3. The van der Waals surface area contributed by atoms with Crippen molar-refractivity contribution in [1.82, 2.24) is 5.32 Å². The normalized spacial score (nSPS) is 20.2. The molecule has 1 amide bonds. The highest BCUT2D eigenvalue weighted by atomic mass is 16.5. The second-order valence-corrected chi connectivity index (χ2v) is 6.52. The first-order valence-corrected chi connectivity index (χ1v) is 8.76. The van der Waals surface area contributed by atoms with Gasteiger partial charge in [0.05, 0.1) is 12.5 Å². The molecule has 3 rings (SSSR count). The third kappa shape index (κ3) is 4.29. The fourth-order valence-corrected chi connectivity index (χ4v) is 3.45. The van der Waals surface area contributed by atoms with Crippen LogP contribution in [0.1, 0.15) is 25.7 Å². The highest BCUT2D eigenvalue weighted by molar-refractivity contribution is 5.88. The van der Waals surface area contributed by atoms with Gasteiger partial charge in [0.2, 0.25) is 5.91 Å². The number of nitrogens with one attached hydrogen (secondary N) is 1. The third-order valence-electron chi connectivity index (χ3n) is 4.80. The summed E-state index contributed by atoms with van der Waals surface area (Å²) < 4.78 is 5.81. The molecule has 0 radical (unpaired) electrons. The van der Waals surface area contributed by atoms with Gasteiger partial charge in [-0.2, -0.15) is 0 Å². The van der Waals surface area contributed by atoms with Crippen LogP contribution in [0.3, 0.4) is 0 Å². The Kier molecular flexibility index (Phi) is 5.53. The minimum Gasteiger partial charge on any atom is -0.491 e. The zero-order chi connectivity index (χ0) is 17.6. The summed E-state index contributed by atoms with van der Waals surface area (Å²) in [7, 11) is 0. The van der Waals surface area contributed by atoms with E-state index >= 15 is 0 Å². The second kappa shape index (κ2) is 8.01. The molecule has 0 heterocycles. The summed E-state index contributed by atoms with van der Waals surface area (Å²) in [5, 5.41) is 14.2. The zero-order valence-electron chi connectivity index (χ0n) is 14.1. The van der Waals surface area contributed by atoms with Crippen molar-refractivity contribution in [2.24, 2.45) is 11.8 Å². The van der Waals surface area contributed by atoms with Crippen molar-refractivity contribution >= 4 is 22.6 Å². The molecule has 2 aromatic carbocycles. The smallest absolute Gasteiger partial charge is 0.306 e. The van der Waals surface area contributed by atoms with Crippen LogP contribution in [0, 0.1) is 11.8 Å². The number of carbonyl (C=O) groups excluding carboxylic acids is 1. The average molecular weight is 341 g/mol. The van der Waals surface area contributed by atoms with Gasteiger partial charge in [-0.15, -0.1) is 0 Å². The van der Waals surface area contributed by atoms with Gasteiger partial charge in [0.25, 0.3) is 0 Å². The first kappa shape index (κ1) is 17.3. The molecule has 25 heavy (non-hydrogen) atoms. The van der Waals surface area contributed by atoms with Crippen molar-refractivity contribution in [2.75, 3.05) is 13.2 Å². The van der Waals surface area contributed by atoms with E-state index in [-0.39, 0.29) is 11.8 Å². The molecule has 2 N–H and O–H groups in total. The number of fused-ring (bicyclic) bond motifs is 1. The van der Waals surface area contributed by atoms with Crippen LogP contribution in [-0.2, 0) is 9.59 Å². The number of hydrogen-bond donors (Lipinski definition) is 2. The van der Waals surface area contributed by atoms with E-state index in [1.165, 1.54) is 0 Å². The van der Waals surface area contributed by atoms with Crippen LogP contribution in [0.4, 0.5) is 0 Å². The molecule has 5 heteroatoms. The lowest BCUT2D eigenvalue weighted by molar-refractivity contribution is -0.144. The van der Waals surface area contributed by atoms with Crippen molar-refractivity contribution in [3.63, 3.8) is 0 Å². The fourth-order valence-electron chi connectivity index (χ4n) is 3.45. The number of carbonyl (C=O) groups is 2. The lowest BCUT2D eigenvalue weighted by Crippen LogP contribution is -2.37. The van der Waals surface area contributed by atoms with Gasteiger partial charge >= 0.3 is 5.97 Å². The first-order chi connectivity index (χ1) is 12.1. The molecule has 1 fully saturated rings. The minimum atomic E-state index is -0.795. The average Bonchev–Trinajstić information content (AvgIpc) is 2.65. The van der Waals surface area contributed by atoms with Gasteiger partial charge in [-0.3, -0.25) is 9.59 Å². The molecule has 1 saturated carbocycles. The molecule has 0 spiro atoms. The Morgan fingerprint density at radius 2 is 1.84 bits per heavy atom. The van der Waals surface area contributed by atoms with Crippen molar-refractivity contribution in [3.8, 4) is 5.75 Å². The van der Waals surface area contributed by atoms with Gasteiger partial charge in [-0.1, -0.05) is 42.8 Å². The van der Waals surface area contributed by atoms with Crippen LogP contribution in [0.5, 0.6) is 5.75 Å². The quantitative estimate of drug-likeness (QED) is 0.791. The lowest BCUT2D eigenvalue weighted by Gasteiger charge is -2.25. The molecule has 0 bridgehead atoms. The molecule has 1 aliphatic rings. The zero-order valence-corrected chi connectivity index (χ0v) is 14.1. The Labute approximate surface area is 147 Å². The molecule has 0 saturated heterocycles. The van der Waals surface area contributed by atoms with Gasteiger partial charge in [0.1, 0.15) is 12.4 Å². The maximum Gasteiger partial charge on any atom is 0.306 e. The monoisotopic (exact) mass is 341 g/mol. The van der Waals surface area contributed by atoms with Gasteiger partial charge < -0.3 is 15.2 Å². The lowest BCUT2D eigenvalue weighted by atomic mass is 9.81. The largest absolute Gasteiger partial charge is 0.491 e. The van der Waals surface area contributed by atoms with E-state index in [1.807, 2.05) is 42.5 Å². The van der Waals surface area contributed by atoms with E-state index in [4.69, 9.17) is 9.84 Å². The molecular weight excluding hydrogens is 318 g/mol. The Morgan fingerprint density at radius 1 is 1.08 bits per heavy atom. The number of carboxylic acid groups (broad SMARTS) is 1. The molecule has 2 aromatic rings. The molecule has 132 valence electrons. The van der Waals surface area contributed by atoms with Crippen LogP contribution in [-0.4, -0.2) is 30.1 Å². The molecular formula is C20H23NO4. The summed E-state index contributed by atoms with van der Waals surface area (Å²) in [6.07, 6.45) is 2.66. The van der Waals surface area contributed by atoms with Crippen LogP contribution in [0.2, 0.25) is 0 Å². The minimum absolute atomic E-state index is 0.0625. The molecule has 1 aliphatic carbocycles. The van der Waals surface area contributed by atoms with E-state index in [2.05, 4.69) is 5.32 Å². The summed E-state index contributed by atoms with van der Waals surface area (Å²) in [6.45, 7) is 0.797. The molecule has 5 nitrogen and oxygen atoms in total. The number of rotatable bonds is 6. The predicted octanol–water partition coefficient (Wildman–Crippen LogP) is 3.23. The Balaban J connectivity index is 1.48. The predicted molar refractivity (Wildman–Crippen MR) is 95.5 cm³/mol. The molecule has 0 aliphatic heterocycles. The van der Waals surface area contributed by atoms with E-state index in [1.54, 1.807) is 0 Å². The van der Waals surface area contributed by atoms with Gasteiger partial charge in [0, 0.05) is 11.3 Å². The number of aliphatic carboxylic acids is 1. The van der Waals surface area contributed by atoms with Crippen molar-refractivity contribution < 1.29 is 19.4 Å². The Hall–Kier alpha value is -2.56. The van der Waals surface area contributed by atoms with E-state index in [9.17, 15) is 9.59 Å². The summed E-state index contributed by atoms with van der Waals surface area (Å²) in [4.78, 5) is 23.3. The number of ether oxygens (including phenoxy) is 1. The number of carboxylic acids is 1. The summed E-state index contributed by atoms with van der Waals surface area (Å²) in [5.74, 6) is -0.649. The van der Waals surface area contributed by atoms with Crippen LogP contribution < -0.4 is 10.1 Å². The summed E-state index contributed by atoms with van der Waals surface area (Å²) >= 11 is 0. The number of benzene rings is 2. The second-order valence-electron chi connectivity index (χ2n) is 6.52. The third-order valence-corrected chi connectivity index (χ3v) is 4.80. The van der Waals surface area contributed by atoms with Crippen molar-refractivity contribution in [2.45, 2.75) is 25.7 Å². The van der Waals surface area contributed by atoms with Gasteiger partial charge in [-0.25, -0.2) is 0 Å². The van der Waals surface area contributed by atoms with Crippen molar-refractivity contribution in [1.29, 1.82) is 0 Å². The van der Waals surface area contributed by atoms with Crippen molar-refractivity contribution in [3.05, 3.63) is 42.5 Å². The van der Waals surface area contributed by atoms with Crippen LogP contribution in [0.15, 0.2) is 42.5 Å². The van der Waals surface area contributed by atoms with E-state index in [0.717, 1.165) is 29.4 Å². The topological polar surface area (TPSA) is 75.6 Å². The summed E-state index contributed by atoms with van der Waals surface area (Å²) in [6, 6.07) is 13.9. The fraction of sp³-hybridized carbons (Fsp3) is 0.400. The Morgan fingerprint density at radius 3 is 2.68 bits per heavy atom. The van der Waals surface area contributed by atoms with E-state index < -0.39 is 11.9 Å². The Bertz CT molecular complexity index is 753. The molecule has 2 unspecified atom stereocenters. The van der Waals surface area contributed by atoms with Gasteiger partial charge in [0.15, 0.2) is 0 Å². The maximum absolute atomic E-state index is 12.2. The molecule has 0 aromatic heterocycles. The molecule has 2 atom stereocenters. The van der Waals surface area contributed by atoms with E-state index in [0.29, 0.717) is 26.0 Å². The van der Waals surface area contributed by atoms with Gasteiger partial charge in [-0.05, 0) is 30.7 Å². The SMILES string of the molecule is O=C(O)C1CCCC(C(=O)NCCOc2cccc3ccccc23)C1. The number of amides is 1. The standard InChI is InChI=1S/C20H23NO4/c22-19(15-7-3-8-16(13-15)20(23)24)21-11-12-25-18-10-4-6-14-5-1-2-9-17(14)18/h1-2,4-6,9-10,15-16H,3,7-8,11-13H2,(H,21,22)(H,23,24). The highest BCUT2D eigenvalue weighted by Gasteiger charge is 2.30. The summed E-state index contributed by atoms with van der Waals surface area (Å²) in [5.41, 5.74) is 0. The maximum atomic E-state index is 12.2. The first-order valence-electron chi connectivity index (χ1n) is 8.76.